The summed E-state index contributed by atoms with van der Waals surface area (Å²) in [6.45, 7) is 4.66. The normalized spacial score (nSPS) is 17.4. The third-order valence-electron chi connectivity index (χ3n) is 5.14. The first-order valence-corrected chi connectivity index (χ1v) is 9.50. The molecule has 140 valence electrons. The van der Waals surface area contributed by atoms with Crippen LogP contribution in [0.15, 0.2) is 42.7 Å². The van der Waals surface area contributed by atoms with E-state index < -0.39 is 11.6 Å². The topological polar surface area (TPSA) is 64.3 Å². The molecule has 26 heavy (non-hydrogen) atoms. The van der Waals surface area contributed by atoms with Crippen molar-refractivity contribution in [1.29, 1.82) is 0 Å². The number of esters is 1. The van der Waals surface area contributed by atoms with Crippen molar-refractivity contribution in [3.8, 4) is 0 Å². The van der Waals surface area contributed by atoms with Gasteiger partial charge in [0.2, 0.25) is 0 Å². The Bertz CT molecular complexity index is 720. The highest BCUT2D eigenvalue weighted by molar-refractivity contribution is 5.81. The lowest BCUT2D eigenvalue weighted by Gasteiger charge is -2.28. The van der Waals surface area contributed by atoms with Crippen LogP contribution in [0.1, 0.15) is 63.3 Å². The zero-order chi connectivity index (χ0) is 18.6. The van der Waals surface area contributed by atoms with Crippen molar-refractivity contribution in [3.05, 3.63) is 54.1 Å². The van der Waals surface area contributed by atoms with E-state index in [-0.39, 0.29) is 18.4 Å². The number of hydrogen-bond donors (Lipinski definition) is 1. The van der Waals surface area contributed by atoms with E-state index >= 15 is 0 Å². The number of aromatic nitrogens is 2. The zero-order valence-electron chi connectivity index (χ0n) is 15.6. The van der Waals surface area contributed by atoms with Crippen LogP contribution in [0, 0.1) is 0 Å². The zero-order valence-corrected chi connectivity index (χ0v) is 15.6. The van der Waals surface area contributed by atoms with Gasteiger partial charge >= 0.3 is 5.97 Å². The fourth-order valence-electron chi connectivity index (χ4n) is 3.63. The van der Waals surface area contributed by atoms with Gasteiger partial charge in [0.25, 0.3) is 0 Å². The molecule has 0 bridgehead atoms. The van der Waals surface area contributed by atoms with Gasteiger partial charge in [-0.2, -0.15) is 0 Å². The number of imidazole rings is 1. The molecular formula is C21H28N2O3. The number of aryl methyl sites for hydroxylation is 1. The van der Waals surface area contributed by atoms with Gasteiger partial charge in [-0.3, -0.25) is 0 Å². The van der Waals surface area contributed by atoms with Crippen molar-refractivity contribution in [2.75, 3.05) is 0 Å². The minimum atomic E-state index is -1.65. The Morgan fingerprint density at radius 2 is 2.00 bits per heavy atom. The second kappa shape index (κ2) is 8.04. The van der Waals surface area contributed by atoms with E-state index in [2.05, 4.69) is 18.8 Å². The Balaban J connectivity index is 1.80. The van der Waals surface area contributed by atoms with Crippen LogP contribution in [-0.2, 0) is 21.7 Å². The minimum absolute atomic E-state index is 0.0720. The number of carbonyl (C=O) groups excluding carboxylic acids is 1. The molecule has 1 aromatic carbocycles. The highest BCUT2D eigenvalue weighted by Gasteiger charge is 2.41. The molecule has 1 aliphatic rings. The first-order chi connectivity index (χ1) is 12.5. The van der Waals surface area contributed by atoms with Gasteiger partial charge in [-0.1, -0.05) is 44.2 Å². The summed E-state index contributed by atoms with van der Waals surface area (Å²) in [6.07, 6.45) is 7.75. The number of ether oxygens (including phenoxy) is 1. The lowest BCUT2D eigenvalue weighted by Crippen LogP contribution is -2.40. The van der Waals surface area contributed by atoms with Crippen molar-refractivity contribution in [2.45, 2.75) is 70.1 Å². The predicted molar refractivity (Wildman–Crippen MR) is 99.6 cm³/mol. The Morgan fingerprint density at radius 1 is 1.31 bits per heavy atom. The fourth-order valence-corrected chi connectivity index (χ4v) is 3.63. The van der Waals surface area contributed by atoms with E-state index in [1.807, 2.05) is 29.0 Å². The van der Waals surface area contributed by atoms with Crippen LogP contribution in [0.4, 0.5) is 0 Å². The van der Waals surface area contributed by atoms with Gasteiger partial charge in [0, 0.05) is 31.3 Å². The summed E-state index contributed by atoms with van der Waals surface area (Å²) in [6, 6.07) is 9.11. The number of carbonyl (C=O) groups is 1. The molecule has 1 atom stereocenters. The molecule has 3 rings (SSSR count). The van der Waals surface area contributed by atoms with Crippen LogP contribution in [0.2, 0.25) is 0 Å². The molecule has 0 radical (unpaired) electrons. The molecule has 5 nitrogen and oxygen atoms in total. The number of rotatable bonds is 7. The van der Waals surface area contributed by atoms with E-state index in [4.69, 9.17) is 4.74 Å². The predicted octanol–water partition coefficient (Wildman–Crippen LogP) is 3.77. The largest absolute Gasteiger partial charge is 0.460 e. The second-order valence-electron chi connectivity index (χ2n) is 7.42. The standard InChI is InChI=1S/C21H28N2O3/c1-16(2)19-22-13-15-23(19)14-12-21(25,17-8-4-3-5-9-17)20(24)26-18-10-6-7-11-18/h3-5,8-9,13,15-16,18,25H,6-7,10-12,14H2,1-2H3. The molecule has 0 saturated heterocycles. The molecule has 1 saturated carbocycles. The van der Waals surface area contributed by atoms with Gasteiger partial charge in [0.15, 0.2) is 5.60 Å². The first kappa shape index (κ1) is 18.6. The molecule has 1 N–H and O–H groups in total. The average molecular weight is 356 g/mol. The van der Waals surface area contributed by atoms with Crippen molar-refractivity contribution in [2.24, 2.45) is 0 Å². The first-order valence-electron chi connectivity index (χ1n) is 9.50. The Hall–Kier alpha value is -2.14. The lowest BCUT2D eigenvalue weighted by atomic mass is 9.90. The summed E-state index contributed by atoms with van der Waals surface area (Å²) >= 11 is 0. The average Bonchev–Trinajstić information content (AvgIpc) is 3.32. The minimum Gasteiger partial charge on any atom is -0.460 e. The molecule has 1 fully saturated rings. The molecular weight excluding hydrogens is 328 g/mol. The van der Waals surface area contributed by atoms with Crippen LogP contribution in [0.3, 0.4) is 0 Å². The SMILES string of the molecule is CC(C)c1nccn1CCC(O)(C(=O)OC1CCCC1)c1ccccc1. The number of hydrogen-bond acceptors (Lipinski definition) is 4. The van der Waals surface area contributed by atoms with Gasteiger partial charge in [-0.05, 0) is 31.2 Å². The van der Waals surface area contributed by atoms with Crippen molar-refractivity contribution in [1.82, 2.24) is 9.55 Å². The fraction of sp³-hybridized carbons (Fsp3) is 0.524. The van der Waals surface area contributed by atoms with Gasteiger partial charge in [0.05, 0.1) is 0 Å². The summed E-state index contributed by atoms with van der Waals surface area (Å²) in [7, 11) is 0. The molecule has 5 heteroatoms. The van der Waals surface area contributed by atoms with Crippen LogP contribution in [-0.4, -0.2) is 26.7 Å². The van der Waals surface area contributed by atoms with Crippen LogP contribution in [0.5, 0.6) is 0 Å². The number of nitrogens with zero attached hydrogens (tertiary/aromatic N) is 2. The molecule has 1 aromatic heterocycles. The van der Waals surface area contributed by atoms with Crippen molar-refractivity contribution >= 4 is 5.97 Å². The molecule has 1 aliphatic carbocycles. The maximum absolute atomic E-state index is 12.9. The molecule has 0 amide bonds. The Morgan fingerprint density at radius 3 is 2.65 bits per heavy atom. The number of benzene rings is 1. The summed E-state index contributed by atoms with van der Waals surface area (Å²) < 4.78 is 7.67. The van der Waals surface area contributed by atoms with E-state index in [9.17, 15) is 9.90 Å². The monoisotopic (exact) mass is 356 g/mol. The molecule has 1 heterocycles. The maximum atomic E-state index is 12.9. The van der Waals surface area contributed by atoms with Gasteiger partial charge in [0.1, 0.15) is 11.9 Å². The van der Waals surface area contributed by atoms with Crippen molar-refractivity contribution < 1.29 is 14.6 Å². The molecule has 1 unspecified atom stereocenters. The number of aliphatic hydroxyl groups is 1. The van der Waals surface area contributed by atoms with Crippen LogP contribution >= 0.6 is 0 Å². The summed E-state index contributed by atoms with van der Waals surface area (Å²) in [5.41, 5.74) is -1.07. The Kier molecular flexibility index (Phi) is 5.77. The maximum Gasteiger partial charge on any atom is 0.343 e. The smallest absolute Gasteiger partial charge is 0.343 e. The quantitative estimate of drug-likeness (QED) is 0.767. The molecule has 0 aliphatic heterocycles. The van der Waals surface area contributed by atoms with E-state index in [0.717, 1.165) is 31.5 Å². The van der Waals surface area contributed by atoms with Gasteiger partial charge < -0.3 is 14.4 Å². The van der Waals surface area contributed by atoms with Crippen molar-refractivity contribution in [3.63, 3.8) is 0 Å². The van der Waals surface area contributed by atoms with E-state index in [0.29, 0.717) is 12.1 Å². The Labute approximate surface area is 155 Å². The van der Waals surface area contributed by atoms with E-state index in [1.54, 1.807) is 18.3 Å². The third kappa shape index (κ3) is 3.98. The second-order valence-corrected chi connectivity index (χ2v) is 7.42. The molecule has 2 aromatic rings. The van der Waals surface area contributed by atoms with Gasteiger partial charge in [-0.25, -0.2) is 9.78 Å². The highest BCUT2D eigenvalue weighted by Crippen LogP contribution is 2.31. The summed E-state index contributed by atoms with van der Waals surface area (Å²) in [5, 5.41) is 11.3. The van der Waals surface area contributed by atoms with Crippen LogP contribution < -0.4 is 0 Å². The summed E-state index contributed by atoms with van der Waals surface area (Å²) in [4.78, 5) is 17.3. The third-order valence-corrected chi connectivity index (χ3v) is 5.14. The van der Waals surface area contributed by atoms with Crippen LogP contribution in [0.25, 0.3) is 0 Å². The summed E-state index contributed by atoms with van der Waals surface area (Å²) in [5.74, 6) is 0.687. The molecule has 0 spiro atoms. The van der Waals surface area contributed by atoms with Gasteiger partial charge in [-0.15, -0.1) is 0 Å². The van der Waals surface area contributed by atoms with E-state index in [1.165, 1.54) is 0 Å². The lowest BCUT2D eigenvalue weighted by molar-refractivity contribution is -0.173. The highest BCUT2D eigenvalue weighted by atomic mass is 16.6.